The molecule has 1 aromatic carbocycles. The van der Waals surface area contributed by atoms with Crippen LogP contribution in [-0.4, -0.2) is 27.7 Å². The molecule has 2 aromatic heterocycles. The van der Waals surface area contributed by atoms with Crippen LogP contribution in [0.15, 0.2) is 71.0 Å². The van der Waals surface area contributed by atoms with E-state index in [1.54, 1.807) is 30.7 Å². The van der Waals surface area contributed by atoms with E-state index in [0.717, 1.165) is 15.4 Å². The summed E-state index contributed by atoms with van der Waals surface area (Å²) in [6, 6.07) is 9.71. The first-order chi connectivity index (χ1) is 15.0. The molecule has 3 aromatic rings. The third kappa shape index (κ3) is 4.89. The first-order valence-corrected chi connectivity index (χ1v) is 10.2. The predicted octanol–water partition coefficient (Wildman–Crippen LogP) is 3.29. The minimum Gasteiger partial charge on any atom is -0.489 e. The van der Waals surface area contributed by atoms with Crippen LogP contribution in [0.1, 0.15) is 34.5 Å². The number of Topliss-reactive ketones (excluding diaryl/α,β-unsaturated/α-hetero) is 1. The highest BCUT2D eigenvalue weighted by molar-refractivity contribution is 7.99. The highest BCUT2D eigenvalue weighted by Crippen LogP contribution is 2.34. The van der Waals surface area contributed by atoms with Gasteiger partial charge in [-0.3, -0.25) is 24.9 Å². The van der Waals surface area contributed by atoms with Crippen molar-refractivity contribution in [2.75, 3.05) is 0 Å². The van der Waals surface area contributed by atoms with E-state index in [2.05, 4.69) is 20.6 Å². The van der Waals surface area contributed by atoms with E-state index >= 15 is 0 Å². The lowest BCUT2D eigenvalue weighted by atomic mass is 10.1. The second kappa shape index (κ2) is 8.97. The van der Waals surface area contributed by atoms with Gasteiger partial charge in [-0.15, -0.1) is 0 Å². The Balaban J connectivity index is 1.43. The molecule has 2 N–H and O–H groups in total. The molecule has 156 valence electrons. The van der Waals surface area contributed by atoms with E-state index in [1.165, 1.54) is 24.9 Å². The summed E-state index contributed by atoms with van der Waals surface area (Å²) in [6.07, 6.45) is 6.45. The second-order valence-electron chi connectivity index (χ2n) is 6.81. The number of hydrogen-bond acceptors (Lipinski definition) is 7. The third-order valence-electron chi connectivity index (χ3n) is 4.56. The van der Waals surface area contributed by atoms with Crippen LogP contribution < -0.4 is 15.4 Å². The number of benzene rings is 1. The molecule has 1 unspecified atom stereocenters. The van der Waals surface area contributed by atoms with Crippen LogP contribution >= 0.6 is 11.8 Å². The van der Waals surface area contributed by atoms with Gasteiger partial charge in [0.1, 0.15) is 18.4 Å². The minimum atomic E-state index is -0.736. The maximum atomic E-state index is 12.0. The normalized spacial score (nSPS) is 15.3. The number of urea groups is 1. The molecule has 1 fully saturated rings. The molecule has 1 atom stereocenters. The number of ether oxygens (including phenoxy) is 1. The number of pyridine rings is 2. The standard InChI is InChI=1S/C22H18N4O4S/c1-13(27)15-8-14(9-24-10-15)12-30-16-2-4-17(5-3-16)31-19-11-23-7-6-18(19)20-21(28)26-22(29)25-20/h2-11,20H,12H2,1H3,(H2,25,26,28,29). The Morgan fingerprint density at radius 1 is 1.10 bits per heavy atom. The predicted molar refractivity (Wildman–Crippen MR) is 113 cm³/mol. The van der Waals surface area contributed by atoms with Crippen LogP contribution in [0.25, 0.3) is 0 Å². The van der Waals surface area contributed by atoms with Crippen LogP contribution in [0.5, 0.6) is 5.75 Å². The van der Waals surface area contributed by atoms with Crippen LogP contribution in [0.2, 0.25) is 0 Å². The number of aromatic nitrogens is 2. The van der Waals surface area contributed by atoms with Crippen molar-refractivity contribution in [2.24, 2.45) is 0 Å². The topological polar surface area (TPSA) is 110 Å². The first kappa shape index (κ1) is 20.5. The van der Waals surface area contributed by atoms with Crippen molar-refractivity contribution in [1.82, 2.24) is 20.6 Å². The number of amides is 3. The highest BCUT2D eigenvalue weighted by Gasteiger charge is 2.32. The molecule has 0 radical (unpaired) electrons. The van der Waals surface area contributed by atoms with Crippen molar-refractivity contribution in [3.8, 4) is 5.75 Å². The van der Waals surface area contributed by atoms with Crippen molar-refractivity contribution in [1.29, 1.82) is 0 Å². The van der Waals surface area contributed by atoms with Crippen LogP contribution in [0, 0.1) is 0 Å². The minimum absolute atomic E-state index is 0.0415. The average molecular weight is 434 g/mol. The number of hydrogen-bond donors (Lipinski definition) is 2. The molecule has 31 heavy (non-hydrogen) atoms. The van der Waals surface area contributed by atoms with Crippen LogP contribution in [0.4, 0.5) is 4.79 Å². The molecule has 0 aliphatic carbocycles. The Labute approximate surface area is 182 Å². The molecule has 9 heteroatoms. The van der Waals surface area contributed by atoms with E-state index in [1.807, 2.05) is 24.3 Å². The number of carbonyl (C=O) groups excluding carboxylic acids is 3. The Morgan fingerprint density at radius 2 is 1.90 bits per heavy atom. The van der Waals surface area contributed by atoms with E-state index in [9.17, 15) is 14.4 Å². The van der Waals surface area contributed by atoms with Crippen molar-refractivity contribution in [3.63, 3.8) is 0 Å². The van der Waals surface area contributed by atoms with Crippen molar-refractivity contribution < 1.29 is 19.1 Å². The van der Waals surface area contributed by atoms with E-state index in [0.29, 0.717) is 23.5 Å². The summed E-state index contributed by atoms with van der Waals surface area (Å²) in [4.78, 5) is 44.8. The second-order valence-corrected chi connectivity index (χ2v) is 7.92. The number of carbonyl (C=O) groups is 3. The Hall–Kier alpha value is -3.72. The molecule has 8 nitrogen and oxygen atoms in total. The molecule has 0 saturated carbocycles. The third-order valence-corrected chi connectivity index (χ3v) is 5.63. The van der Waals surface area contributed by atoms with Gasteiger partial charge in [0.2, 0.25) is 0 Å². The van der Waals surface area contributed by atoms with Gasteiger partial charge in [-0.05, 0) is 43.3 Å². The van der Waals surface area contributed by atoms with Gasteiger partial charge in [0, 0.05) is 51.3 Å². The summed E-state index contributed by atoms with van der Waals surface area (Å²) in [6.45, 7) is 1.79. The first-order valence-electron chi connectivity index (χ1n) is 9.40. The van der Waals surface area contributed by atoms with Gasteiger partial charge in [-0.2, -0.15) is 0 Å². The van der Waals surface area contributed by atoms with Gasteiger partial charge in [0.15, 0.2) is 5.78 Å². The Bertz CT molecular complexity index is 1150. The van der Waals surface area contributed by atoms with E-state index in [-0.39, 0.29) is 11.7 Å². The van der Waals surface area contributed by atoms with E-state index in [4.69, 9.17) is 4.74 Å². The monoisotopic (exact) mass is 434 g/mol. The fraction of sp³-hybridized carbons (Fsp3) is 0.136. The average Bonchev–Trinajstić information content (AvgIpc) is 3.11. The van der Waals surface area contributed by atoms with Gasteiger partial charge in [0.05, 0.1) is 0 Å². The molecule has 0 spiro atoms. The van der Waals surface area contributed by atoms with Gasteiger partial charge < -0.3 is 10.1 Å². The summed E-state index contributed by atoms with van der Waals surface area (Å²) in [5.74, 6) is 0.247. The number of imide groups is 1. The number of ketones is 1. The largest absolute Gasteiger partial charge is 0.489 e. The zero-order valence-corrected chi connectivity index (χ0v) is 17.3. The summed E-state index contributed by atoms with van der Waals surface area (Å²) in [5, 5.41) is 4.85. The molecule has 3 amide bonds. The quantitative estimate of drug-likeness (QED) is 0.434. The summed E-state index contributed by atoms with van der Waals surface area (Å²) in [5.41, 5.74) is 2.04. The summed E-state index contributed by atoms with van der Waals surface area (Å²) < 4.78 is 5.79. The van der Waals surface area contributed by atoms with Crippen LogP contribution in [0.3, 0.4) is 0 Å². The smallest absolute Gasteiger partial charge is 0.322 e. The fourth-order valence-electron chi connectivity index (χ4n) is 3.01. The SMILES string of the molecule is CC(=O)c1cncc(COc2ccc(Sc3cnccc3C3NC(=O)NC3=O)cc2)c1. The van der Waals surface area contributed by atoms with Crippen molar-refractivity contribution >= 4 is 29.5 Å². The fourth-order valence-corrected chi connectivity index (χ4v) is 3.95. The number of nitrogens with zero attached hydrogens (tertiary/aromatic N) is 2. The molecule has 3 heterocycles. The molecule has 1 saturated heterocycles. The lowest BCUT2D eigenvalue weighted by Crippen LogP contribution is -2.22. The van der Waals surface area contributed by atoms with Gasteiger partial charge >= 0.3 is 6.03 Å². The lowest BCUT2D eigenvalue weighted by Gasteiger charge is -2.13. The van der Waals surface area contributed by atoms with Crippen LogP contribution in [-0.2, 0) is 11.4 Å². The molecule has 0 bridgehead atoms. The summed E-state index contributed by atoms with van der Waals surface area (Å²) >= 11 is 1.44. The molecule has 1 aliphatic rings. The Kier molecular flexibility index (Phi) is 5.94. The molecular formula is C22H18N4O4S. The molecule has 1 aliphatic heterocycles. The van der Waals surface area contributed by atoms with Gasteiger partial charge in [-0.25, -0.2) is 4.79 Å². The maximum Gasteiger partial charge on any atom is 0.322 e. The van der Waals surface area contributed by atoms with E-state index < -0.39 is 12.1 Å². The zero-order valence-electron chi connectivity index (χ0n) is 16.5. The zero-order chi connectivity index (χ0) is 21.8. The highest BCUT2D eigenvalue weighted by atomic mass is 32.2. The number of rotatable bonds is 7. The Morgan fingerprint density at radius 3 is 2.61 bits per heavy atom. The molecular weight excluding hydrogens is 416 g/mol. The van der Waals surface area contributed by atoms with Crippen molar-refractivity contribution in [3.05, 3.63) is 77.9 Å². The van der Waals surface area contributed by atoms with Gasteiger partial charge in [0.25, 0.3) is 5.91 Å². The maximum absolute atomic E-state index is 12.0. The summed E-state index contributed by atoms with van der Waals surface area (Å²) in [7, 11) is 0. The number of nitrogens with one attached hydrogen (secondary N) is 2. The van der Waals surface area contributed by atoms with Crippen molar-refractivity contribution in [2.45, 2.75) is 29.4 Å². The van der Waals surface area contributed by atoms with Gasteiger partial charge in [-0.1, -0.05) is 11.8 Å². The molecule has 4 rings (SSSR count). The lowest BCUT2D eigenvalue weighted by molar-refractivity contribution is -0.120.